The highest BCUT2D eigenvalue weighted by Crippen LogP contribution is 2.35. The number of benzene rings is 1. The van der Waals surface area contributed by atoms with Crippen LogP contribution in [0.25, 0.3) is 0 Å². The molecule has 0 spiro atoms. The van der Waals surface area contributed by atoms with E-state index in [1.165, 1.54) is 0 Å². The fraction of sp³-hybridized carbons (Fsp3) is 0.600. The third-order valence-corrected chi connectivity index (χ3v) is 5.77. The van der Waals surface area contributed by atoms with Crippen LogP contribution in [0.4, 0.5) is 0 Å². The molecule has 1 aromatic carbocycles. The molecule has 2 heterocycles. The van der Waals surface area contributed by atoms with Gasteiger partial charge in [-0.15, -0.1) is 0 Å². The fourth-order valence-electron chi connectivity index (χ4n) is 4.27. The highest BCUT2D eigenvalue weighted by molar-refractivity contribution is 5.99. The number of piperidine rings is 1. The van der Waals surface area contributed by atoms with Crippen molar-refractivity contribution in [2.45, 2.75) is 58.0 Å². The molecule has 2 aliphatic rings. The monoisotopic (exact) mass is 328 g/mol. The molecule has 3 atom stereocenters. The first-order valence-corrected chi connectivity index (χ1v) is 9.11. The number of hydrogen-bond donors (Lipinski definition) is 0. The van der Waals surface area contributed by atoms with Gasteiger partial charge in [-0.05, 0) is 57.6 Å². The Bertz CT molecular complexity index is 615. The second-order valence-electron chi connectivity index (χ2n) is 7.68. The molecule has 130 valence electrons. The van der Waals surface area contributed by atoms with Gasteiger partial charge in [0.15, 0.2) is 0 Å². The smallest absolute Gasteiger partial charge is 0.254 e. The molecule has 4 nitrogen and oxygen atoms in total. The van der Waals surface area contributed by atoms with Crippen LogP contribution in [0, 0.1) is 5.92 Å². The summed E-state index contributed by atoms with van der Waals surface area (Å²) in [7, 11) is 0. The molecule has 0 aromatic heterocycles. The third-order valence-electron chi connectivity index (χ3n) is 5.77. The Hall–Kier alpha value is -1.84. The Labute approximate surface area is 144 Å². The summed E-state index contributed by atoms with van der Waals surface area (Å²) in [6, 6.07) is 9.56. The maximum atomic E-state index is 13.3. The average molecular weight is 328 g/mol. The summed E-state index contributed by atoms with van der Waals surface area (Å²) >= 11 is 0. The molecule has 2 fully saturated rings. The van der Waals surface area contributed by atoms with E-state index in [2.05, 4.69) is 13.8 Å². The van der Waals surface area contributed by atoms with E-state index in [0.717, 1.165) is 32.2 Å². The quantitative estimate of drug-likeness (QED) is 0.835. The summed E-state index contributed by atoms with van der Waals surface area (Å²) in [4.78, 5) is 30.1. The predicted octanol–water partition coefficient (Wildman–Crippen LogP) is 3.33. The van der Waals surface area contributed by atoms with Crippen molar-refractivity contribution < 1.29 is 9.59 Å². The summed E-state index contributed by atoms with van der Waals surface area (Å²) in [5.41, 5.74) is -0.0411. The summed E-state index contributed by atoms with van der Waals surface area (Å²) in [6.45, 7) is 7.81. The second kappa shape index (κ2) is 6.58. The summed E-state index contributed by atoms with van der Waals surface area (Å²) in [6.07, 6.45) is 3.75. The van der Waals surface area contributed by atoms with Crippen LogP contribution >= 0.6 is 0 Å². The molecule has 3 rings (SSSR count). The zero-order valence-electron chi connectivity index (χ0n) is 15.0. The molecule has 0 aliphatic carbocycles. The molecule has 0 N–H and O–H groups in total. The number of nitrogens with zero attached hydrogens (tertiary/aromatic N) is 2. The standard InChI is InChI=1S/C20H28N2O2/c1-15-10-13-21(16(2)14-15)19(24)20(3)11-7-12-22(20)18(23)17-8-5-4-6-9-17/h4-6,8-9,15-16H,7,10-14H2,1-3H3/t15-,16-,20?/m1/s1. The van der Waals surface area contributed by atoms with E-state index in [0.29, 0.717) is 18.0 Å². The van der Waals surface area contributed by atoms with E-state index >= 15 is 0 Å². The lowest BCUT2D eigenvalue weighted by Crippen LogP contribution is -2.59. The van der Waals surface area contributed by atoms with Gasteiger partial charge in [-0.3, -0.25) is 9.59 Å². The first kappa shape index (κ1) is 17.0. The normalized spacial score (nSPS) is 30.5. The third kappa shape index (κ3) is 2.94. The van der Waals surface area contributed by atoms with Crippen LogP contribution in [0.5, 0.6) is 0 Å². The molecule has 1 aromatic rings. The molecule has 2 aliphatic heterocycles. The first-order chi connectivity index (χ1) is 11.4. The van der Waals surface area contributed by atoms with Crippen molar-refractivity contribution in [3.63, 3.8) is 0 Å². The Morgan fingerprint density at radius 3 is 2.50 bits per heavy atom. The highest BCUT2D eigenvalue weighted by Gasteiger charge is 2.48. The van der Waals surface area contributed by atoms with E-state index in [-0.39, 0.29) is 17.9 Å². The van der Waals surface area contributed by atoms with Crippen LogP contribution in [0.15, 0.2) is 30.3 Å². The molecule has 2 saturated heterocycles. The van der Waals surface area contributed by atoms with Gasteiger partial charge in [0, 0.05) is 24.7 Å². The van der Waals surface area contributed by atoms with Crippen molar-refractivity contribution in [2.24, 2.45) is 5.92 Å². The van der Waals surface area contributed by atoms with E-state index in [4.69, 9.17) is 0 Å². The molecule has 1 unspecified atom stereocenters. The zero-order valence-corrected chi connectivity index (χ0v) is 15.0. The van der Waals surface area contributed by atoms with Gasteiger partial charge in [0.2, 0.25) is 5.91 Å². The largest absolute Gasteiger partial charge is 0.338 e. The SMILES string of the molecule is C[C@@H]1CCN(C(=O)C2(C)CCCN2C(=O)c2ccccc2)[C@H](C)C1. The fourth-order valence-corrected chi connectivity index (χ4v) is 4.27. The Morgan fingerprint density at radius 2 is 1.83 bits per heavy atom. The van der Waals surface area contributed by atoms with Crippen LogP contribution in [0.1, 0.15) is 56.8 Å². The minimum absolute atomic E-state index is 0.0259. The van der Waals surface area contributed by atoms with E-state index < -0.39 is 5.54 Å². The van der Waals surface area contributed by atoms with Gasteiger partial charge in [0.25, 0.3) is 5.91 Å². The Kier molecular flexibility index (Phi) is 4.66. The van der Waals surface area contributed by atoms with Crippen LogP contribution in [-0.2, 0) is 4.79 Å². The number of carbonyl (C=O) groups is 2. The number of amides is 2. The van der Waals surface area contributed by atoms with Crippen molar-refractivity contribution in [1.82, 2.24) is 9.80 Å². The van der Waals surface area contributed by atoms with Crippen LogP contribution in [0.2, 0.25) is 0 Å². The molecule has 24 heavy (non-hydrogen) atoms. The summed E-state index contributed by atoms with van der Waals surface area (Å²) < 4.78 is 0. The minimum atomic E-state index is -0.707. The molecule has 0 saturated carbocycles. The summed E-state index contributed by atoms with van der Waals surface area (Å²) in [5, 5.41) is 0. The molecular formula is C20H28N2O2. The van der Waals surface area contributed by atoms with Crippen LogP contribution in [-0.4, -0.2) is 46.3 Å². The zero-order chi connectivity index (χ0) is 17.3. The Morgan fingerprint density at radius 1 is 1.12 bits per heavy atom. The van der Waals surface area contributed by atoms with Crippen molar-refractivity contribution >= 4 is 11.8 Å². The lowest BCUT2D eigenvalue weighted by atomic mass is 9.89. The van der Waals surface area contributed by atoms with Crippen molar-refractivity contribution in [2.75, 3.05) is 13.1 Å². The van der Waals surface area contributed by atoms with Crippen LogP contribution in [0.3, 0.4) is 0 Å². The predicted molar refractivity (Wildman–Crippen MR) is 94.7 cm³/mol. The topological polar surface area (TPSA) is 40.6 Å². The maximum Gasteiger partial charge on any atom is 0.254 e. The molecule has 0 bridgehead atoms. The number of likely N-dealkylation sites (tertiary alicyclic amines) is 2. The van der Waals surface area contributed by atoms with Crippen molar-refractivity contribution in [3.05, 3.63) is 35.9 Å². The Balaban J connectivity index is 1.82. The van der Waals surface area contributed by atoms with Gasteiger partial charge in [-0.1, -0.05) is 25.1 Å². The number of carbonyl (C=O) groups excluding carboxylic acids is 2. The van der Waals surface area contributed by atoms with Crippen LogP contribution < -0.4 is 0 Å². The first-order valence-electron chi connectivity index (χ1n) is 9.11. The molecular weight excluding hydrogens is 300 g/mol. The maximum absolute atomic E-state index is 13.3. The van der Waals surface area contributed by atoms with Gasteiger partial charge >= 0.3 is 0 Å². The lowest BCUT2D eigenvalue weighted by Gasteiger charge is -2.43. The van der Waals surface area contributed by atoms with Crippen molar-refractivity contribution in [3.8, 4) is 0 Å². The van der Waals surface area contributed by atoms with Gasteiger partial charge in [0.05, 0.1) is 0 Å². The van der Waals surface area contributed by atoms with Gasteiger partial charge < -0.3 is 9.80 Å². The number of hydrogen-bond acceptors (Lipinski definition) is 2. The highest BCUT2D eigenvalue weighted by atomic mass is 16.2. The number of rotatable bonds is 2. The minimum Gasteiger partial charge on any atom is -0.338 e. The van der Waals surface area contributed by atoms with Crippen molar-refractivity contribution in [1.29, 1.82) is 0 Å². The molecule has 0 radical (unpaired) electrons. The van der Waals surface area contributed by atoms with Gasteiger partial charge in [0.1, 0.15) is 5.54 Å². The lowest BCUT2D eigenvalue weighted by molar-refractivity contribution is -0.144. The molecule has 4 heteroatoms. The summed E-state index contributed by atoms with van der Waals surface area (Å²) in [5.74, 6) is 0.771. The second-order valence-corrected chi connectivity index (χ2v) is 7.68. The van der Waals surface area contributed by atoms with Gasteiger partial charge in [-0.25, -0.2) is 0 Å². The van der Waals surface area contributed by atoms with E-state index in [9.17, 15) is 9.59 Å². The molecule has 2 amide bonds. The van der Waals surface area contributed by atoms with E-state index in [1.54, 1.807) is 4.90 Å². The van der Waals surface area contributed by atoms with E-state index in [1.807, 2.05) is 42.2 Å². The average Bonchev–Trinajstić information content (AvgIpc) is 2.97. The van der Waals surface area contributed by atoms with Gasteiger partial charge in [-0.2, -0.15) is 0 Å².